The van der Waals surface area contributed by atoms with Gasteiger partial charge in [-0.1, -0.05) is 140 Å². The lowest BCUT2D eigenvalue weighted by atomic mass is 9.70. The number of nitrogens with zero attached hydrogens (tertiary/aromatic N) is 2. The molecule has 0 amide bonds. The third kappa shape index (κ3) is 4.85. The smallest absolute Gasteiger partial charge is 0.159 e. The van der Waals surface area contributed by atoms with Gasteiger partial charge in [0.05, 0.1) is 11.1 Å². The van der Waals surface area contributed by atoms with E-state index in [4.69, 9.17) is 4.42 Å². The first-order valence-corrected chi connectivity index (χ1v) is 21.7. The molecule has 2 aromatic heterocycles. The largest absolute Gasteiger partial charge is 0.454 e. The van der Waals surface area contributed by atoms with E-state index in [1.165, 1.54) is 53.9 Å². The van der Waals surface area contributed by atoms with E-state index >= 15 is 0 Å². The van der Waals surface area contributed by atoms with Gasteiger partial charge in [0.1, 0.15) is 5.58 Å². The van der Waals surface area contributed by atoms with E-state index in [1.807, 2.05) is 17.4 Å². The number of benzene rings is 9. The lowest BCUT2D eigenvalue weighted by Crippen LogP contribution is -2.26. The van der Waals surface area contributed by atoms with Gasteiger partial charge in [0.15, 0.2) is 5.58 Å². The second kappa shape index (κ2) is 13.2. The van der Waals surface area contributed by atoms with Crippen molar-refractivity contribution in [3.63, 3.8) is 0 Å². The Morgan fingerprint density at radius 1 is 0.377 bits per heavy atom. The van der Waals surface area contributed by atoms with Crippen LogP contribution in [0.15, 0.2) is 223 Å². The number of hydrogen-bond donors (Lipinski definition) is 0. The van der Waals surface area contributed by atoms with Gasteiger partial charge in [-0.25, -0.2) is 0 Å². The summed E-state index contributed by atoms with van der Waals surface area (Å²) in [6, 6.07) is 79.5. The van der Waals surface area contributed by atoms with Crippen LogP contribution in [0.25, 0.3) is 53.6 Å². The molecule has 0 saturated carbocycles. The van der Waals surface area contributed by atoms with E-state index in [2.05, 4.69) is 222 Å². The highest BCUT2D eigenvalue weighted by Crippen LogP contribution is 2.67. The summed E-state index contributed by atoms with van der Waals surface area (Å²) in [5.41, 5.74) is 16.8. The standard InChI is InChI=1S/C57H36N2OS/c1-4-17-37(18-5-1)58(38-19-6-2-7-20-38)40-32-34-46-50(35-40)57(54-47-25-12-15-30-53(47)61-56(46)54)48-27-13-10-23-42(48)43-33-31-41(36-49(43)57)59(39-21-8-3-9-22-39)51-28-16-26-45-44-24-11-14-29-52(44)60-55(45)51/h1-36H. The van der Waals surface area contributed by atoms with Gasteiger partial charge in [0.25, 0.3) is 0 Å². The van der Waals surface area contributed by atoms with Crippen LogP contribution in [0, 0.1) is 0 Å². The second-order valence-electron chi connectivity index (χ2n) is 16.0. The van der Waals surface area contributed by atoms with Crippen LogP contribution in [-0.2, 0) is 5.41 Å². The van der Waals surface area contributed by atoms with E-state index < -0.39 is 5.41 Å². The number of furan rings is 1. The van der Waals surface area contributed by atoms with Crippen LogP contribution >= 0.6 is 11.3 Å². The van der Waals surface area contributed by atoms with Crippen molar-refractivity contribution in [2.75, 3.05) is 9.80 Å². The molecule has 1 unspecified atom stereocenters. The van der Waals surface area contributed by atoms with Gasteiger partial charge < -0.3 is 14.2 Å². The lowest BCUT2D eigenvalue weighted by molar-refractivity contribution is 0.669. The Morgan fingerprint density at radius 2 is 0.918 bits per heavy atom. The molecule has 0 fully saturated rings. The number of hydrogen-bond acceptors (Lipinski definition) is 4. The molecule has 286 valence electrons. The van der Waals surface area contributed by atoms with Crippen molar-refractivity contribution < 1.29 is 4.42 Å². The molecule has 13 rings (SSSR count). The molecule has 9 aromatic carbocycles. The summed E-state index contributed by atoms with van der Waals surface area (Å²) in [6.07, 6.45) is 0. The Morgan fingerprint density at radius 3 is 1.66 bits per heavy atom. The maximum atomic E-state index is 6.74. The predicted octanol–water partition coefficient (Wildman–Crippen LogP) is 16.1. The molecule has 0 N–H and O–H groups in total. The predicted molar refractivity (Wildman–Crippen MR) is 255 cm³/mol. The van der Waals surface area contributed by atoms with Gasteiger partial charge in [0, 0.05) is 48.8 Å². The molecule has 3 nitrogen and oxygen atoms in total. The zero-order valence-electron chi connectivity index (χ0n) is 33.0. The summed E-state index contributed by atoms with van der Waals surface area (Å²) in [5.74, 6) is 0. The van der Waals surface area contributed by atoms with Crippen LogP contribution in [0.2, 0.25) is 0 Å². The Balaban J connectivity index is 1.11. The molecule has 0 radical (unpaired) electrons. The lowest BCUT2D eigenvalue weighted by Gasteiger charge is -2.33. The summed E-state index contributed by atoms with van der Waals surface area (Å²) >= 11 is 1.92. The maximum absolute atomic E-state index is 6.74. The summed E-state index contributed by atoms with van der Waals surface area (Å²) in [6.45, 7) is 0. The van der Waals surface area contributed by atoms with Gasteiger partial charge in [-0.3, -0.25) is 0 Å². The maximum Gasteiger partial charge on any atom is 0.159 e. The van der Waals surface area contributed by atoms with Gasteiger partial charge in [0.2, 0.25) is 0 Å². The Hall–Kier alpha value is -7.66. The van der Waals surface area contributed by atoms with Crippen molar-refractivity contribution in [1.29, 1.82) is 0 Å². The van der Waals surface area contributed by atoms with Crippen molar-refractivity contribution in [2.24, 2.45) is 0 Å². The Labute approximate surface area is 357 Å². The molecule has 0 aliphatic heterocycles. The number of anilines is 6. The Kier molecular flexibility index (Phi) is 7.39. The Bertz CT molecular complexity index is 3460. The second-order valence-corrected chi connectivity index (χ2v) is 17.0. The summed E-state index contributed by atoms with van der Waals surface area (Å²) < 4.78 is 8.05. The van der Waals surface area contributed by atoms with Crippen LogP contribution in [0.4, 0.5) is 34.1 Å². The molecule has 0 saturated heterocycles. The van der Waals surface area contributed by atoms with Crippen LogP contribution in [-0.4, -0.2) is 0 Å². The van der Waals surface area contributed by atoms with Crippen LogP contribution in [0.5, 0.6) is 0 Å². The van der Waals surface area contributed by atoms with Crippen LogP contribution in [0.1, 0.15) is 22.3 Å². The molecule has 2 aliphatic rings. The molecule has 2 heterocycles. The van der Waals surface area contributed by atoms with Crippen LogP contribution in [0.3, 0.4) is 0 Å². The van der Waals surface area contributed by atoms with Crippen molar-refractivity contribution in [1.82, 2.24) is 0 Å². The third-order valence-electron chi connectivity index (χ3n) is 12.8. The zero-order chi connectivity index (χ0) is 40.1. The molecule has 2 aliphatic carbocycles. The number of thiophene rings is 1. The summed E-state index contributed by atoms with van der Waals surface area (Å²) in [4.78, 5) is 6.11. The number of para-hydroxylation sites is 5. The molecule has 1 spiro atoms. The first-order valence-electron chi connectivity index (χ1n) is 20.8. The summed E-state index contributed by atoms with van der Waals surface area (Å²) in [7, 11) is 0. The molecule has 4 heteroatoms. The fourth-order valence-electron chi connectivity index (χ4n) is 10.4. The van der Waals surface area contributed by atoms with E-state index in [0.29, 0.717) is 0 Å². The highest BCUT2D eigenvalue weighted by molar-refractivity contribution is 7.22. The quantitative estimate of drug-likeness (QED) is 0.167. The van der Waals surface area contributed by atoms with E-state index in [0.717, 1.165) is 56.1 Å². The topological polar surface area (TPSA) is 19.6 Å². The minimum absolute atomic E-state index is 0.588. The molecular formula is C57H36N2OS. The molecule has 11 aromatic rings. The molecule has 1 atom stereocenters. The average Bonchev–Trinajstić information content (AvgIpc) is 4.05. The number of rotatable bonds is 6. The van der Waals surface area contributed by atoms with Gasteiger partial charge in [-0.15, -0.1) is 11.3 Å². The minimum Gasteiger partial charge on any atom is -0.454 e. The van der Waals surface area contributed by atoms with Crippen molar-refractivity contribution in [3.05, 3.63) is 241 Å². The normalized spacial score (nSPS) is 14.6. The van der Waals surface area contributed by atoms with Gasteiger partial charge in [-0.05, 0) is 123 Å². The SMILES string of the molecule is c1ccc(N(c2ccccc2)c2ccc3c(c2)C2(c4ccccc4-c4ccc(N(c5ccccc5)c5cccc6c5oc5ccccc56)cc42)c2c-3sc3ccccc23)cc1. The molecular weight excluding hydrogens is 761 g/mol. The highest BCUT2D eigenvalue weighted by atomic mass is 32.1. The minimum atomic E-state index is -0.588. The van der Waals surface area contributed by atoms with Gasteiger partial charge in [-0.2, -0.15) is 0 Å². The van der Waals surface area contributed by atoms with Crippen LogP contribution < -0.4 is 9.80 Å². The van der Waals surface area contributed by atoms with Crippen molar-refractivity contribution in [2.45, 2.75) is 5.41 Å². The third-order valence-corrected chi connectivity index (χ3v) is 14.0. The first kappa shape index (κ1) is 34.2. The first-order chi connectivity index (χ1) is 30.3. The van der Waals surface area contributed by atoms with E-state index in [-0.39, 0.29) is 0 Å². The highest BCUT2D eigenvalue weighted by Gasteiger charge is 2.54. The van der Waals surface area contributed by atoms with Crippen molar-refractivity contribution >= 4 is 77.5 Å². The zero-order valence-corrected chi connectivity index (χ0v) is 33.8. The fraction of sp³-hybridized carbons (Fsp3) is 0.0175. The molecule has 0 bridgehead atoms. The monoisotopic (exact) mass is 796 g/mol. The van der Waals surface area contributed by atoms with Crippen molar-refractivity contribution in [3.8, 4) is 21.6 Å². The summed E-state index contributed by atoms with van der Waals surface area (Å²) in [5, 5.41) is 3.53. The fourth-order valence-corrected chi connectivity index (χ4v) is 11.7. The van der Waals surface area contributed by atoms with E-state index in [9.17, 15) is 0 Å². The van der Waals surface area contributed by atoms with E-state index in [1.54, 1.807) is 0 Å². The van der Waals surface area contributed by atoms with Gasteiger partial charge >= 0.3 is 0 Å². The molecule has 61 heavy (non-hydrogen) atoms. The number of fused-ring (bicyclic) bond motifs is 15. The average molecular weight is 797 g/mol.